The number of rotatable bonds is 6. The molecule has 0 saturated carbocycles. The highest BCUT2D eigenvalue weighted by molar-refractivity contribution is 5.38. The molecule has 0 radical (unpaired) electrons. The fraction of sp³-hybridized carbons (Fsp3) is 0.417. The molecule has 3 heteroatoms. The quantitative estimate of drug-likeness (QED) is 0.727. The van der Waals surface area contributed by atoms with Gasteiger partial charge < -0.3 is 14.6 Å². The summed E-state index contributed by atoms with van der Waals surface area (Å²) >= 11 is 0. The minimum absolute atomic E-state index is 0.0197. The molecule has 0 bridgehead atoms. The maximum absolute atomic E-state index is 11.8. The minimum Gasteiger partial charge on any atom is -0.380 e. The predicted molar refractivity (Wildman–Crippen MR) is 108 cm³/mol. The number of ether oxygens (including phenoxy) is 2. The lowest BCUT2D eigenvalue weighted by Crippen LogP contribution is -2.49. The van der Waals surface area contributed by atoms with Crippen LogP contribution in [0.5, 0.6) is 0 Å². The third-order valence-corrected chi connectivity index (χ3v) is 5.37. The number of hydrogen-bond acceptors (Lipinski definition) is 3. The second-order valence-electron chi connectivity index (χ2n) is 8.22. The first-order chi connectivity index (χ1) is 12.8. The predicted octanol–water partition coefficient (Wildman–Crippen LogP) is 5.05. The standard InChI is InChI=1S/C24H30O3/c1-5-24(26-17-22(3,4)18-27-24)19(2)16-23(25,20-12-8-6-9-13-20)21-14-10-7-11-15-21/h6-15,25H,2,5,16-18H2,1,3-4H3. The Kier molecular flexibility index (Phi) is 5.57. The average Bonchev–Trinajstić information content (AvgIpc) is 2.69. The van der Waals surface area contributed by atoms with Crippen LogP contribution in [0.15, 0.2) is 72.8 Å². The van der Waals surface area contributed by atoms with Crippen molar-refractivity contribution in [2.45, 2.75) is 45.0 Å². The summed E-state index contributed by atoms with van der Waals surface area (Å²) in [6, 6.07) is 19.5. The van der Waals surface area contributed by atoms with E-state index in [0.29, 0.717) is 26.1 Å². The summed E-state index contributed by atoms with van der Waals surface area (Å²) in [6.45, 7) is 11.8. The number of benzene rings is 2. The van der Waals surface area contributed by atoms with Crippen molar-refractivity contribution in [2.75, 3.05) is 13.2 Å². The van der Waals surface area contributed by atoms with E-state index in [2.05, 4.69) is 20.4 Å². The van der Waals surface area contributed by atoms with Crippen molar-refractivity contribution in [3.05, 3.63) is 83.9 Å². The lowest BCUT2D eigenvalue weighted by Gasteiger charge is -2.45. The van der Waals surface area contributed by atoms with Gasteiger partial charge in [0, 0.05) is 18.3 Å². The van der Waals surface area contributed by atoms with E-state index in [1.807, 2.05) is 67.6 Å². The summed E-state index contributed by atoms with van der Waals surface area (Å²) in [5, 5.41) is 11.8. The maximum atomic E-state index is 11.8. The van der Waals surface area contributed by atoms with Crippen LogP contribution < -0.4 is 0 Å². The summed E-state index contributed by atoms with van der Waals surface area (Å²) in [7, 11) is 0. The van der Waals surface area contributed by atoms with Crippen LogP contribution in [0.2, 0.25) is 0 Å². The highest BCUT2D eigenvalue weighted by Crippen LogP contribution is 2.43. The van der Waals surface area contributed by atoms with E-state index in [0.717, 1.165) is 16.7 Å². The van der Waals surface area contributed by atoms with Gasteiger partial charge in [0.1, 0.15) is 5.60 Å². The zero-order chi connectivity index (χ0) is 19.5. The topological polar surface area (TPSA) is 38.7 Å². The van der Waals surface area contributed by atoms with Crippen LogP contribution >= 0.6 is 0 Å². The Morgan fingerprint density at radius 3 is 1.81 bits per heavy atom. The van der Waals surface area contributed by atoms with Crippen LogP contribution in [-0.4, -0.2) is 24.1 Å². The molecule has 1 N–H and O–H groups in total. The summed E-state index contributed by atoms with van der Waals surface area (Å²) in [6.07, 6.45) is 0.983. The Morgan fingerprint density at radius 1 is 0.963 bits per heavy atom. The van der Waals surface area contributed by atoms with Crippen molar-refractivity contribution >= 4 is 0 Å². The summed E-state index contributed by atoms with van der Waals surface area (Å²) in [5.74, 6) is -0.854. The molecule has 0 unspecified atom stereocenters. The molecule has 1 aliphatic heterocycles. The largest absolute Gasteiger partial charge is 0.380 e. The molecule has 0 spiro atoms. The third-order valence-electron chi connectivity index (χ3n) is 5.37. The lowest BCUT2D eigenvalue weighted by molar-refractivity contribution is -0.281. The molecule has 1 heterocycles. The molecular weight excluding hydrogens is 336 g/mol. The highest BCUT2D eigenvalue weighted by atomic mass is 16.7. The maximum Gasteiger partial charge on any atom is 0.190 e. The lowest BCUT2D eigenvalue weighted by atomic mass is 9.79. The fourth-order valence-corrected chi connectivity index (χ4v) is 3.61. The van der Waals surface area contributed by atoms with Gasteiger partial charge in [0.05, 0.1) is 13.2 Å². The molecule has 0 aliphatic carbocycles. The van der Waals surface area contributed by atoms with Gasteiger partial charge in [-0.25, -0.2) is 0 Å². The van der Waals surface area contributed by atoms with E-state index in [1.54, 1.807) is 0 Å². The Labute approximate surface area is 162 Å². The molecular formula is C24H30O3. The summed E-state index contributed by atoms with van der Waals surface area (Å²) < 4.78 is 12.4. The fourth-order valence-electron chi connectivity index (χ4n) is 3.61. The van der Waals surface area contributed by atoms with Crippen molar-refractivity contribution in [3.8, 4) is 0 Å². The Bertz CT molecular complexity index is 715. The van der Waals surface area contributed by atoms with Gasteiger partial charge in [-0.15, -0.1) is 0 Å². The van der Waals surface area contributed by atoms with Gasteiger partial charge in [0.25, 0.3) is 0 Å². The van der Waals surface area contributed by atoms with E-state index < -0.39 is 11.4 Å². The van der Waals surface area contributed by atoms with E-state index in [1.165, 1.54) is 0 Å². The first kappa shape index (κ1) is 19.8. The van der Waals surface area contributed by atoms with Crippen molar-refractivity contribution in [1.82, 2.24) is 0 Å². The SMILES string of the molecule is C=C(CC(O)(c1ccccc1)c1ccccc1)C1(CC)OCC(C)(C)CO1. The summed E-state index contributed by atoms with van der Waals surface area (Å²) in [5.41, 5.74) is 1.21. The normalized spacial score (nSPS) is 18.8. The van der Waals surface area contributed by atoms with Crippen LogP contribution in [-0.2, 0) is 15.1 Å². The van der Waals surface area contributed by atoms with Gasteiger partial charge in [-0.3, -0.25) is 0 Å². The Morgan fingerprint density at radius 2 is 1.41 bits per heavy atom. The van der Waals surface area contributed by atoms with Gasteiger partial charge in [0.2, 0.25) is 0 Å². The molecule has 3 rings (SSSR count). The van der Waals surface area contributed by atoms with E-state index in [-0.39, 0.29) is 5.41 Å². The van der Waals surface area contributed by atoms with Crippen LogP contribution in [0.25, 0.3) is 0 Å². The van der Waals surface area contributed by atoms with Crippen molar-refractivity contribution in [1.29, 1.82) is 0 Å². The van der Waals surface area contributed by atoms with E-state index >= 15 is 0 Å². The first-order valence-corrected chi connectivity index (χ1v) is 9.61. The van der Waals surface area contributed by atoms with Gasteiger partial charge >= 0.3 is 0 Å². The second kappa shape index (κ2) is 7.59. The van der Waals surface area contributed by atoms with Gasteiger partial charge in [-0.2, -0.15) is 0 Å². The van der Waals surface area contributed by atoms with Gasteiger partial charge in [0.15, 0.2) is 5.79 Å². The molecule has 2 aromatic rings. The molecule has 1 fully saturated rings. The number of aliphatic hydroxyl groups is 1. The first-order valence-electron chi connectivity index (χ1n) is 9.61. The third kappa shape index (κ3) is 4.01. The molecule has 3 nitrogen and oxygen atoms in total. The minimum atomic E-state index is -1.19. The number of hydrogen-bond donors (Lipinski definition) is 1. The molecule has 0 atom stereocenters. The molecule has 0 aromatic heterocycles. The second-order valence-corrected chi connectivity index (χ2v) is 8.22. The van der Waals surface area contributed by atoms with Crippen molar-refractivity contribution in [3.63, 3.8) is 0 Å². The van der Waals surface area contributed by atoms with E-state index in [9.17, 15) is 5.11 Å². The van der Waals surface area contributed by atoms with Crippen LogP contribution in [0, 0.1) is 5.41 Å². The Balaban J connectivity index is 1.94. The van der Waals surface area contributed by atoms with Crippen molar-refractivity contribution < 1.29 is 14.6 Å². The molecule has 0 amide bonds. The molecule has 1 saturated heterocycles. The molecule has 144 valence electrons. The molecule has 2 aromatic carbocycles. The van der Waals surface area contributed by atoms with Gasteiger partial charge in [-0.1, -0.05) is 88.0 Å². The zero-order valence-corrected chi connectivity index (χ0v) is 16.6. The van der Waals surface area contributed by atoms with E-state index in [4.69, 9.17) is 9.47 Å². The van der Waals surface area contributed by atoms with Gasteiger partial charge in [-0.05, 0) is 16.7 Å². The smallest absolute Gasteiger partial charge is 0.190 e. The zero-order valence-electron chi connectivity index (χ0n) is 16.6. The van der Waals surface area contributed by atoms with Crippen LogP contribution in [0.1, 0.15) is 44.7 Å². The Hall–Kier alpha value is -1.94. The van der Waals surface area contributed by atoms with Crippen molar-refractivity contribution in [2.24, 2.45) is 5.41 Å². The summed E-state index contributed by atoms with van der Waals surface area (Å²) in [4.78, 5) is 0. The van der Waals surface area contributed by atoms with Crippen LogP contribution in [0.3, 0.4) is 0 Å². The monoisotopic (exact) mass is 366 g/mol. The highest BCUT2D eigenvalue weighted by Gasteiger charge is 2.44. The molecule has 1 aliphatic rings. The molecule has 27 heavy (non-hydrogen) atoms. The average molecular weight is 367 g/mol. The van der Waals surface area contributed by atoms with Crippen LogP contribution in [0.4, 0.5) is 0 Å².